The minimum atomic E-state index is -4.81. The zero-order valence-electron chi connectivity index (χ0n) is 19.5. The summed E-state index contributed by atoms with van der Waals surface area (Å²) < 4.78 is 106. The molecule has 1 heterocycles. The van der Waals surface area contributed by atoms with E-state index in [-0.39, 0.29) is 34.5 Å². The summed E-state index contributed by atoms with van der Waals surface area (Å²) in [6.07, 6.45) is -3.91. The lowest BCUT2D eigenvalue weighted by atomic mass is 9.94. The number of amides is 1. The standard InChI is InChI=1S/C24H21F6N3O3S/c1-13(16-4-3-5-18(25)17(16)12-32-37(2,35)36)23(34)31-11-15-7-9-21(24(28,29)30)33-22(15)14-6-8-19(26)20(27)10-14/h3-10,13,32H,11-12H2,1-2H3,(H,31,34). The molecule has 0 aliphatic heterocycles. The van der Waals surface area contributed by atoms with Crippen molar-refractivity contribution in [1.29, 1.82) is 0 Å². The van der Waals surface area contributed by atoms with Crippen LogP contribution in [0, 0.1) is 17.5 Å². The molecular formula is C24H21F6N3O3S. The number of sulfonamides is 1. The Morgan fingerprint density at radius 1 is 0.973 bits per heavy atom. The molecule has 3 aromatic rings. The summed E-state index contributed by atoms with van der Waals surface area (Å²) in [6, 6.07) is 8.14. The van der Waals surface area contributed by atoms with Gasteiger partial charge in [-0.3, -0.25) is 4.79 Å². The molecule has 0 saturated carbocycles. The second-order valence-electron chi connectivity index (χ2n) is 8.17. The first-order valence-electron chi connectivity index (χ1n) is 10.7. The third-order valence-electron chi connectivity index (χ3n) is 5.44. The van der Waals surface area contributed by atoms with Gasteiger partial charge in [0.15, 0.2) is 11.6 Å². The summed E-state index contributed by atoms with van der Waals surface area (Å²) in [5.41, 5.74) is -1.49. The van der Waals surface area contributed by atoms with Crippen molar-refractivity contribution in [3.8, 4) is 11.3 Å². The van der Waals surface area contributed by atoms with E-state index in [1.807, 2.05) is 0 Å². The Hall–Kier alpha value is -3.45. The monoisotopic (exact) mass is 545 g/mol. The van der Waals surface area contributed by atoms with Crippen molar-refractivity contribution in [2.24, 2.45) is 0 Å². The summed E-state index contributed by atoms with van der Waals surface area (Å²) in [4.78, 5) is 16.4. The first-order valence-corrected chi connectivity index (χ1v) is 12.6. The molecule has 0 spiro atoms. The summed E-state index contributed by atoms with van der Waals surface area (Å²) in [5.74, 6) is -4.86. The third kappa shape index (κ3) is 7.07. The van der Waals surface area contributed by atoms with Crippen LogP contribution in [-0.2, 0) is 34.1 Å². The fraction of sp³-hybridized carbons (Fsp3) is 0.250. The van der Waals surface area contributed by atoms with Crippen LogP contribution in [0.4, 0.5) is 26.3 Å². The van der Waals surface area contributed by atoms with Crippen molar-refractivity contribution in [2.45, 2.75) is 32.1 Å². The molecule has 0 radical (unpaired) electrons. The molecule has 2 N–H and O–H groups in total. The lowest BCUT2D eigenvalue weighted by Gasteiger charge is -2.18. The van der Waals surface area contributed by atoms with Gasteiger partial charge in [0.05, 0.1) is 17.9 Å². The lowest BCUT2D eigenvalue weighted by molar-refractivity contribution is -0.141. The molecule has 0 fully saturated rings. The van der Waals surface area contributed by atoms with Gasteiger partial charge in [0.2, 0.25) is 15.9 Å². The van der Waals surface area contributed by atoms with E-state index < -0.39 is 57.7 Å². The molecule has 1 unspecified atom stereocenters. The van der Waals surface area contributed by atoms with Crippen LogP contribution in [0.25, 0.3) is 11.3 Å². The van der Waals surface area contributed by atoms with E-state index in [0.717, 1.165) is 30.5 Å². The highest BCUT2D eigenvalue weighted by molar-refractivity contribution is 7.88. The number of aromatic nitrogens is 1. The Balaban J connectivity index is 1.89. The van der Waals surface area contributed by atoms with Crippen LogP contribution < -0.4 is 10.0 Å². The van der Waals surface area contributed by atoms with Crippen molar-refractivity contribution in [1.82, 2.24) is 15.0 Å². The minimum Gasteiger partial charge on any atom is -0.351 e. The van der Waals surface area contributed by atoms with Gasteiger partial charge >= 0.3 is 6.18 Å². The van der Waals surface area contributed by atoms with Gasteiger partial charge in [0.1, 0.15) is 11.5 Å². The zero-order chi connectivity index (χ0) is 27.5. The second-order valence-corrected chi connectivity index (χ2v) is 10.0. The molecule has 6 nitrogen and oxygen atoms in total. The molecule has 0 aliphatic rings. The van der Waals surface area contributed by atoms with E-state index >= 15 is 0 Å². The molecule has 1 atom stereocenters. The number of benzene rings is 2. The fourth-order valence-electron chi connectivity index (χ4n) is 3.53. The number of hydrogen-bond donors (Lipinski definition) is 2. The molecule has 0 bridgehead atoms. The smallest absolute Gasteiger partial charge is 0.351 e. The van der Waals surface area contributed by atoms with Crippen molar-refractivity contribution < 1.29 is 39.6 Å². The molecule has 1 aromatic heterocycles. The average Bonchev–Trinajstić information content (AvgIpc) is 2.81. The quantitative estimate of drug-likeness (QED) is 0.404. The first kappa shape index (κ1) is 28.1. The SMILES string of the molecule is CC(C(=O)NCc1ccc(C(F)(F)F)nc1-c1ccc(F)c(F)c1)c1cccc(F)c1CNS(C)(=O)=O. The predicted molar refractivity (Wildman–Crippen MR) is 123 cm³/mol. The van der Waals surface area contributed by atoms with Gasteiger partial charge in [-0.15, -0.1) is 0 Å². The second kappa shape index (κ2) is 10.9. The lowest BCUT2D eigenvalue weighted by Crippen LogP contribution is -2.29. The normalized spacial score (nSPS) is 12.9. The van der Waals surface area contributed by atoms with Gasteiger partial charge in [0.25, 0.3) is 0 Å². The van der Waals surface area contributed by atoms with Crippen LogP contribution in [0.3, 0.4) is 0 Å². The van der Waals surface area contributed by atoms with Crippen LogP contribution in [0.1, 0.15) is 35.2 Å². The fourth-order valence-corrected chi connectivity index (χ4v) is 3.94. The van der Waals surface area contributed by atoms with Crippen LogP contribution in [0.5, 0.6) is 0 Å². The summed E-state index contributed by atoms with van der Waals surface area (Å²) in [6.45, 7) is 0.700. The first-order chi connectivity index (χ1) is 17.2. The maximum absolute atomic E-state index is 14.4. The Morgan fingerprint density at radius 2 is 1.68 bits per heavy atom. The topological polar surface area (TPSA) is 88.2 Å². The Labute approximate surface area is 208 Å². The van der Waals surface area contributed by atoms with E-state index in [1.54, 1.807) is 0 Å². The van der Waals surface area contributed by atoms with E-state index in [2.05, 4.69) is 15.0 Å². The number of alkyl halides is 3. The summed E-state index contributed by atoms with van der Waals surface area (Å²) >= 11 is 0. The molecule has 0 aliphatic carbocycles. The largest absolute Gasteiger partial charge is 0.433 e. The van der Waals surface area contributed by atoms with Gasteiger partial charge in [-0.25, -0.2) is 31.3 Å². The van der Waals surface area contributed by atoms with Crippen molar-refractivity contribution in [2.75, 3.05) is 6.26 Å². The highest BCUT2D eigenvalue weighted by Gasteiger charge is 2.33. The van der Waals surface area contributed by atoms with Crippen LogP contribution in [0.15, 0.2) is 48.5 Å². The van der Waals surface area contributed by atoms with Crippen LogP contribution in [-0.4, -0.2) is 25.6 Å². The number of rotatable bonds is 8. The van der Waals surface area contributed by atoms with Gasteiger partial charge in [-0.1, -0.05) is 18.2 Å². The Bertz CT molecular complexity index is 1430. The number of carbonyl (C=O) groups is 1. The van der Waals surface area contributed by atoms with E-state index in [4.69, 9.17) is 0 Å². The maximum atomic E-state index is 14.4. The molecule has 3 rings (SSSR count). The van der Waals surface area contributed by atoms with Crippen molar-refractivity contribution in [3.63, 3.8) is 0 Å². The predicted octanol–water partition coefficient (Wildman–Crippen LogP) is 4.65. The zero-order valence-corrected chi connectivity index (χ0v) is 20.3. The van der Waals surface area contributed by atoms with Gasteiger partial charge in [0, 0.05) is 24.2 Å². The Morgan fingerprint density at radius 3 is 2.30 bits per heavy atom. The molecular weight excluding hydrogens is 524 g/mol. The van der Waals surface area contributed by atoms with Gasteiger partial charge in [-0.05, 0) is 48.4 Å². The van der Waals surface area contributed by atoms with Crippen molar-refractivity contribution in [3.05, 3.63) is 88.4 Å². The molecule has 13 heteroatoms. The molecule has 0 saturated heterocycles. The number of hydrogen-bond acceptors (Lipinski definition) is 4. The Kier molecular flexibility index (Phi) is 8.28. The maximum Gasteiger partial charge on any atom is 0.433 e. The molecule has 198 valence electrons. The summed E-state index contributed by atoms with van der Waals surface area (Å²) in [5, 5.41) is 2.52. The van der Waals surface area contributed by atoms with Gasteiger partial charge < -0.3 is 5.32 Å². The number of nitrogens with zero attached hydrogens (tertiary/aromatic N) is 1. The van der Waals surface area contributed by atoms with Crippen molar-refractivity contribution >= 4 is 15.9 Å². The number of pyridine rings is 1. The molecule has 2 aromatic carbocycles. The third-order valence-corrected chi connectivity index (χ3v) is 6.11. The van der Waals surface area contributed by atoms with Gasteiger partial charge in [-0.2, -0.15) is 13.2 Å². The number of carbonyl (C=O) groups excluding carboxylic acids is 1. The van der Waals surface area contributed by atoms with Crippen LogP contribution in [0.2, 0.25) is 0 Å². The van der Waals surface area contributed by atoms with Crippen LogP contribution >= 0.6 is 0 Å². The molecule has 37 heavy (non-hydrogen) atoms. The van der Waals surface area contributed by atoms with E-state index in [1.165, 1.54) is 19.1 Å². The summed E-state index contributed by atoms with van der Waals surface area (Å²) in [7, 11) is -3.65. The number of halogens is 6. The highest BCUT2D eigenvalue weighted by atomic mass is 32.2. The van der Waals surface area contributed by atoms with E-state index in [0.29, 0.717) is 12.1 Å². The van der Waals surface area contributed by atoms with E-state index in [9.17, 15) is 39.6 Å². The average molecular weight is 546 g/mol. The minimum absolute atomic E-state index is 0.0470. The number of nitrogens with one attached hydrogen (secondary N) is 2. The molecule has 1 amide bonds. The highest BCUT2D eigenvalue weighted by Crippen LogP contribution is 2.32.